The van der Waals surface area contributed by atoms with Gasteiger partial charge in [-0.25, -0.2) is 0 Å². The highest BCUT2D eigenvalue weighted by Gasteiger charge is 2.21. The molecule has 0 bridgehead atoms. The van der Waals surface area contributed by atoms with Crippen molar-refractivity contribution in [2.45, 2.75) is 39.8 Å². The number of ether oxygens (including phenoxy) is 1. The van der Waals surface area contributed by atoms with E-state index in [1.165, 1.54) is 20.6 Å². The highest BCUT2D eigenvalue weighted by Crippen LogP contribution is 2.26. The van der Waals surface area contributed by atoms with Crippen LogP contribution in [-0.4, -0.2) is 43.8 Å². The zero-order valence-corrected chi connectivity index (χ0v) is 15.7. The number of thiophene rings is 1. The standard InChI is InChI=1S/C16H27BrN2OS/c1-12(2)8-14(19-4-6-20-7-5-19)10-18-11-15-9-16(17)13(3)21-15/h9,12,14,18H,4-8,10-11H2,1-3H3. The molecule has 3 nitrogen and oxygen atoms in total. The second-order valence-corrected chi connectivity index (χ2v) is 8.37. The van der Waals surface area contributed by atoms with Crippen molar-refractivity contribution in [2.75, 3.05) is 32.8 Å². The summed E-state index contributed by atoms with van der Waals surface area (Å²) in [6, 6.07) is 2.86. The Hall–Kier alpha value is 0.0600. The van der Waals surface area contributed by atoms with Crippen LogP contribution in [0.15, 0.2) is 10.5 Å². The SMILES string of the molecule is Cc1sc(CNCC(CC(C)C)N2CCOCC2)cc1Br. The van der Waals surface area contributed by atoms with Crippen LogP contribution in [0, 0.1) is 12.8 Å². The average Bonchev–Trinajstić information content (AvgIpc) is 2.77. The molecule has 21 heavy (non-hydrogen) atoms. The molecule has 1 unspecified atom stereocenters. The molecule has 0 aromatic carbocycles. The fraction of sp³-hybridized carbons (Fsp3) is 0.750. The molecular weight excluding hydrogens is 348 g/mol. The highest BCUT2D eigenvalue weighted by atomic mass is 79.9. The molecule has 1 N–H and O–H groups in total. The smallest absolute Gasteiger partial charge is 0.0594 e. The van der Waals surface area contributed by atoms with Gasteiger partial charge in [-0.15, -0.1) is 11.3 Å². The summed E-state index contributed by atoms with van der Waals surface area (Å²) in [5.74, 6) is 0.734. The third-order valence-electron chi connectivity index (χ3n) is 3.89. The number of morpholine rings is 1. The minimum absolute atomic E-state index is 0.624. The lowest BCUT2D eigenvalue weighted by Crippen LogP contribution is -2.48. The van der Waals surface area contributed by atoms with E-state index in [1.54, 1.807) is 0 Å². The summed E-state index contributed by atoms with van der Waals surface area (Å²) >= 11 is 5.47. The van der Waals surface area contributed by atoms with E-state index < -0.39 is 0 Å². The number of halogens is 1. The van der Waals surface area contributed by atoms with Crippen molar-refractivity contribution < 1.29 is 4.74 Å². The Bertz CT molecular complexity index is 410. The number of aryl methyl sites for hydroxylation is 1. The number of nitrogens with one attached hydrogen (secondary N) is 1. The molecular formula is C16H27BrN2OS. The fourth-order valence-electron chi connectivity index (χ4n) is 2.82. The van der Waals surface area contributed by atoms with Crippen LogP contribution in [-0.2, 0) is 11.3 Å². The Morgan fingerprint density at radius 1 is 1.38 bits per heavy atom. The van der Waals surface area contributed by atoms with Crippen molar-refractivity contribution in [1.29, 1.82) is 0 Å². The zero-order chi connectivity index (χ0) is 15.2. The molecule has 1 atom stereocenters. The van der Waals surface area contributed by atoms with Crippen LogP contribution in [0.4, 0.5) is 0 Å². The second kappa shape index (κ2) is 8.63. The normalized spacial score (nSPS) is 18.3. The Balaban J connectivity index is 1.83. The van der Waals surface area contributed by atoms with E-state index in [4.69, 9.17) is 4.74 Å². The maximum atomic E-state index is 5.48. The van der Waals surface area contributed by atoms with E-state index in [0.29, 0.717) is 6.04 Å². The first-order chi connectivity index (χ1) is 10.1. The minimum atomic E-state index is 0.624. The third kappa shape index (κ3) is 5.64. The number of rotatable bonds is 7. The molecule has 1 aliphatic rings. The molecule has 2 heterocycles. The highest BCUT2D eigenvalue weighted by molar-refractivity contribution is 9.10. The van der Waals surface area contributed by atoms with Crippen LogP contribution < -0.4 is 5.32 Å². The summed E-state index contributed by atoms with van der Waals surface area (Å²) in [5.41, 5.74) is 0. The summed E-state index contributed by atoms with van der Waals surface area (Å²) in [5, 5.41) is 3.65. The first-order valence-electron chi connectivity index (χ1n) is 7.83. The molecule has 0 radical (unpaired) electrons. The molecule has 0 saturated carbocycles. The molecule has 120 valence electrons. The summed E-state index contributed by atoms with van der Waals surface area (Å²) < 4.78 is 6.71. The van der Waals surface area contributed by atoms with E-state index in [-0.39, 0.29) is 0 Å². The van der Waals surface area contributed by atoms with E-state index in [1.807, 2.05) is 11.3 Å². The van der Waals surface area contributed by atoms with E-state index in [0.717, 1.165) is 45.3 Å². The molecule has 2 rings (SSSR count). The summed E-state index contributed by atoms with van der Waals surface area (Å²) in [6.07, 6.45) is 1.25. The predicted molar refractivity (Wildman–Crippen MR) is 94.1 cm³/mol. The van der Waals surface area contributed by atoms with Crippen LogP contribution in [0.3, 0.4) is 0 Å². The molecule has 1 aliphatic heterocycles. The van der Waals surface area contributed by atoms with Gasteiger partial charge in [0.05, 0.1) is 13.2 Å². The summed E-state index contributed by atoms with van der Waals surface area (Å²) in [4.78, 5) is 5.36. The van der Waals surface area contributed by atoms with Gasteiger partial charge in [-0.2, -0.15) is 0 Å². The molecule has 5 heteroatoms. The molecule has 0 spiro atoms. The van der Waals surface area contributed by atoms with Gasteiger partial charge in [0.25, 0.3) is 0 Å². The topological polar surface area (TPSA) is 24.5 Å². The average molecular weight is 375 g/mol. The lowest BCUT2D eigenvalue weighted by molar-refractivity contribution is 0.0123. The van der Waals surface area contributed by atoms with Gasteiger partial charge in [-0.3, -0.25) is 4.90 Å². The van der Waals surface area contributed by atoms with E-state index in [9.17, 15) is 0 Å². The second-order valence-electron chi connectivity index (χ2n) is 6.18. The number of hydrogen-bond donors (Lipinski definition) is 1. The Morgan fingerprint density at radius 3 is 2.67 bits per heavy atom. The number of nitrogens with zero attached hydrogens (tertiary/aromatic N) is 1. The van der Waals surface area contributed by atoms with Crippen LogP contribution in [0.5, 0.6) is 0 Å². The largest absolute Gasteiger partial charge is 0.379 e. The monoisotopic (exact) mass is 374 g/mol. The maximum Gasteiger partial charge on any atom is 0.0594 e. The van der Waals surface area contributed by atoms with E-state index >= 15 is 0 Å². The first-order valence-corrected chi connectivity index (χ1v) is 9.44. The van der Waals surface area contributed by atoms with Crippen molar-refractivity contribution in [1.82, 2.24) is 10.2 Å². The Labute approximate surface area is 141 Å². The maximum absolute atomic E-state index is 5.48. The quantitative estimate of drug-likeness (QED) is 0.787. The Kier molecular flexibility index (Phi) is 7.16. The van der Waals surface area contributed by atoms with Crippen molar-refractivity contribution >= 4 is 27.3 Å². The fourth-order valence-corrected chi connectivity index (χ4v) is 4.39. The molecule has 1 fully saturated rings. The van der Waals surface area contributed by atoms with Crippen LogP contribution in [0.2, 0.25) is 0 Å². The zero-order valence-electron chi connectivity index (χ0n) is 13.3. The number of hydrogen-bond acceptors (Lipinski definition) is 4. The van der Waals surface area contributed by atoms with Gasteiger partial charge < -0.3 is 10.1 Å². The van der Waals surface area contributed by atoms with Gasteiger partial charge >= 0.3 is 0 Å². The molecule has 1 aromatic heterocycles. The molecule has 1 saturated heterocycles. The van der Waals surface area contributed by atoms with Crippen LogP contribution in [0.1, 0.15) is 30.0 Å². The van der Waals surface area contributed by atoms with E-state index in [2.05, 4.69) is 53.0 Å². The van der Waals surface area contributed by atoms with Gasteiger partial charge in [-0.1, -0.05) is 13.8 Å². The molecule has 0 aliphatic carbocycles. The predicted octanol–water partition coefficient (Wildman–Crippen LogP) is 3.66. The van der Waals surface area contributed by atoms with Crippen LogP contribution in [0.25, 0.3) is 0 Å². The van der Waals surface area contributed by atoms with Gasteiger partial charge in [0.15, 0.2) is 0 Å². The van der Waals surface area contributed by atoms with Gasteiger partial charge in [-0.05, 0) is 41.3 Å². The molecule has 0 amide bonds. The van der Waals surface area contributed by atoms with Gasteiger partial charge in [0.1, 0.15) is 0 Å². The summed E-state index contributed by atoms with van der Waals surface area (Å²) in [6.45, 7) is 12.7. The minimum Gasteiger partial charge on any atom is -0.379 e. The van der Waals surface area contributed by atoms with Crippen molar-refractivity contribution in [3.05, 3.63) is 20.3 Å². The summed E-state index contributed by atoms with van der Waals surface area (Å²) in [7, 11) is 0. The lowest BCUT2D eigenvalue weighted by Gasteiger charge is -2.35. The van der Waals surface area contributed by atoms with Crippen molar-refractivity contribution in [3.63, 3.8) is 0 Å². The molecule has 1 aromatic rings. The van der Waals surface area contributed by atoms with Gasteiger partial charge in [0.2, 0.25) is 0 Å². The van der Waals surface area contributed by atoms with Gasteiger partial charge in [0, 0.05) is 46.4 Å². The lowest BCUT2D eigenvalue weighted by atomic mass is 10.0. The first kappa shape index (κ1) is 17.4. The third-order valence-corrected chi connectivity index (χ3v) is 6.03. The van der Waals surface area contributed by atoms with Crippen molar-refractivity contribution in [3.8, 4) is 0 Å². The Morgan fingerprint density at radius 2 is 2.10 bits per heavy atom. The van der Waals surface area contributed by atoms with Crippen molar-refractivity contribution in [2.24, 2.45) is 5.92 Å². The van der Waals surface area contributed by atoms with Crippen LogP contribution >= 0.6 is 27.3 Å².